The Labute approximate surface area is 108 Å². The van der Waals surface area contributed by atoms with Gasteiger partial charge in [-0.05, 0) is 25.0 Å². The molecule has 2 N–H and O–H groups in total. The number of carbonyl (C=O) groups excluding carboxylic acids is 1. The zero-order valence-electron chi connectivity index (χ0n) is 11.0. The van der Waals surface area contributed by atoms with Crippen LogP contribution >= 0.6 is 0 Å². The average molecular weight is 251 g/mol. The predicted molar refractivity (Wildman–Crippen MR) is 70.5 cm³/mol. The van der Waals surface area contributed by atoms with E-state index in [-0.39, 0.29) is 19.1 Å². The van der Waals surface area contributed by atoms with Crippen LogP contribution in [0.3, 0.4) is 0 Å². The minimum Gasteiger partial charge on any atom is -0.484 e. The Morgan fingerprint density at radius 3 is 2.39 bits per heavy atom. The molecule has 4 nitrogen and oxygen atoms in total. The van der Waals surface area contributed by atoms with Crippen LogP contribution in [0.4, 0.5) is 0 Å². The van der Waals surface area contributed by atoms with Crippen LogP contribution in [-0.4, -0.2) is 29.8 Å². The summed E-state index contributed by atoms with van der Waals surface area (Å²) in [5, 5.41) is 12.2. The number of ether oxygens (including phenoxy) is 1. The van der Waals surface area contributed by atoms with Gasteiger partial charge in [0.25, 0.3) is 5.91 Å². The summed E-state index contributed by atoms with van der Waals surface area (Å²) in [4.78, 5) is 11.8. The summed E-state index contributed by atoms with van der Waals surface area (Å²) in [6.45, 7) is 3.79. The van der Waals surface area contributed by atoms with Gasteiger partial charge in [0.2, 0.25) is 0 Å². The van der Waals surface area contributed by atoms with Gasteiger partial charge in [-0.15, -0.1) is 0 Å². The molecule has 1 amide bonds. The third-order valence-electron chi connectivity index (χ3n) is 3.17. The van der Waals surface area contributed by atoms with E-state index in [1.54, 1.807) is 12.1 Å². The van der Waals surface area contributed by atoms with Crippen molar-refractivity contribution in [3.63, 3.8) is 0 Å². The lowest BCUT2D eigenvalue weighted by Gasteiger charge is -2.30. The van der Waals surface area contributed by atoms with Crippen molar-refractivity contribution in [2.45, 2.75) is 32.2 Å². The number of aliphatic hydroxyl groups excluding tert-OH is 1. The predicted octanol–water partition coefficient (Wildman–Crippen LogP) is 1.73. The van der Waals surface area contributed by atoms with Gasteiger partial charge >= 0.3 is 0 Å². The number of benzene rings is 1. The number of carbonyl (C=O) groups is 1. The molecular weight excluding hydrogens is 230 g/mol. The molecule has 0 fully saturated rings. The maximum absolute atomic E-state index is 11.8. The van der Waals surface area contributed by atoms with Crippen molar-refractivity contribution in [1.82, 2.24) is 5.32 Å². The molecule has 1 aromatic rings. The minimum absolute atomic E-state index is 0.0359. The van der Waals surface area contributed by atoms with Crippen LogP contribution in [-0.2, 0) is 4.79 Å². The van der Waals surface area contributed by atoms with Gasteiger partial charge in [-0.25, -0.2) is 0 Å². The molecule has 18 heavy (non-hydrogen) atoms. The summed E-state index contributed by atoms with van der Waals surface area (Å²) in [7, 11) is 0. The third kappa shape index (κ3) is 4.04. The quantitative estimate of drug-likeness (QED) is 0.776. The third-order valence-corrected chi connectivity index (χ3v) is 3.17. The number of hydrogen-bond acceptors (Lipinski definition) is 3. The maximum atomic E-state index is 11.8. The topological polar surface area (TPSA) is 58.6 Å². The molecule has 0 aliphatic heterocycles. The van der Waals surface area contributed by atoms with E-state index in [1.807, 2.05) is 32.0 Å². The molecule has 1 rings (SSSR count). The Morgan fingerprint density at radius 1 is 1.28 bits per heavy atom. The molecule has 0 spiro atoms. The Kier molecular flexibility index (Phi) is 5.65. The maximum Gasteiger partial charge on any atom is 0.258 e. The molecular formula is C14H21NO3. The molecule has 0 heterocycles. The van der Waals surface area contributed by atoms with Gasteiger partial charge in [-0.1, -0.05) is 32.0 Å². The van der Waals surface area contributed by atoms with E-state index in [1.165, 1.54) is 0 Å². The first-order valence-corrected chi connectivity index (χ1v) is 6.25. The molecule has 0 radical (unpaired) electrons. The van der Waals surface area contributed by atoms with Crippen molar-refractivity contribution >= 4 is 5.91 Å². The van der Waals surface area contributed by atoms with Gasteiger partial charge in [-0.3, -0.25) is 4.79 Å². The highest BCUT2D eigenvalue weighted by Crippen LogP contribution is 2.14. The number of hydrogen-bond donors (Lipinski definition) is 2. The van der Waals surface area contributed by atoms with E-state index < -0.39 is 5.54 Å². The van der Waals surface area contributed by atoms with Crippen LogP contribution in [0.15, 0.2) is 30.3 Å². The highest BCUT2D eigenvalue weighted by atomic mass is 16.5. The van der Waals surface area contributed by atoms with Gasteiger partial charge in [-0.2, -0.15) is 0 Å². The second-order valence-electron chi connectivity index (χ2n) is 4.30. The fourth-order valence-corrected chi connectivity index (χ4v) is 1.69. The molecule has 0 aliphatic carbocycles. The molecule has 100 valence electrons. The summed E-state index contributed by atoms with van der Waals surface area (Å²) in [5.74, 6) is 0.451. The van der Waals surface area contributed by atoms with Crippen molar-refractivity contribution < 1.29 is 14.6 Å². The Bertz CT molecular complexity index is 352. The van der Waals surface area contributed by atoms with Crippen LogP contribution in [0, 0.1) is 0 Å². The second kappa shape index (κ2) is 7.01. The standard InChI is InChI=1S/C14H21NO3/c1-3-14(4-2,11-16)15-13(17)10-18-12-8-6-5-7-9-12/h5-9,16H,3-4,10-11H2,1-2H3,(H,15,17). The minimum atomic E-state index is -0.531. The van der Waals surface area contributed by atoms with E-state index in [2.05, 4.69) is 5.32 Å². The molecule has 1 aromatic carbocycles. The summed E-state index contributed by atoms with van der Waals surface area (Å²) < 4.78 is 5.35. The molecule has 0 saturated heterocycles. The highest BCUT2D eigenvalue weighted by Gasteiger charge is 2.27. The molecule has 0 atom stereocenters. The summed E-state index contributed by atoms with van der Waals surface area (Å²) in [5.41, 5.74) is -0.531. The Morgan fingerprint density at radius 2 is 1.89 bits per heavy atom. The fraction of sp³-hybridized carbons (Fsp3) is 0.500. The number of aliphatic hydroxyl groups is 1. The van der Waals surface area contributed by atoms with Gasteiger partial charge in [0.15, 0.2) is 6.61 Å². The average Bonchev–Trinajstić information content (AvgIpc) is 2.44. The normalized spacial score (nSPS) is 11.1. The first-order chi connectivity index (χ1) is 8.65. The zero-order chi connectivity index (χ0) is 13.4. The number of para-hydroxylation sites is 1. The van der Waals surface area contributed by atoms with Crippen molar-refractivity contribution in [1.29, 1.82) is 0 Å². The summed E-state index contributed by atoms with van der Waals surface area (Å²) in [6, 6.07) is 9.18. The van der Waals surface area contributed by atoms with Crippen molar-refractivity contribution in [2.75, 3.05) is 13.2 Å². The first-order valence-electron chi connectivity index (χ1n) is 6.25. The van der Waals surface area contributed by atoms with Gasteiger partial charge in [0, 0.05) is 0 Å². The van der Waals surface area contributed by atoms with E-state index in [0.29, 0.717) is 18.6 Å². The van der Waals surface area contributed by atoms with E-state index in [9.17, 15) is 9.90 Å². The van der Waals surface area contributed by atoms with Crippen molar-refractivity contribution in [3.05, 3.63) is 30.3 Å². The van der Waals surface area contributed by atoms with Gasteiger partial charge in [0.1, 0.15) is 5.75 Å². The van der Waals surface area contributed by atoms with Crippen molar-refractivity contribution in [3.8, 4) is 5.75 Å². The molecule has 0 aliphatic rings. The van der Waals surface area contributed by atoms with E-state index in [4.69, 9.17) is 4.74 Å². The molecule has 0 aromatic heterocycles. The lowest BCUT2D eigenvalue weighted by molar-refractivity contribution is -0.125. The van der Waals surface area contributed by atoms with Crippen LogP contribution < -0.4 is 10.1 Å². The lowest BCUT2D eigenvalue weighted by atomic mass is 9.94. The molecule has 0 unspecified atom stereocenters. The SMILES string of the molecule is CCC(CC)(CO)NC(=O)COc1ccccc1. The summed E-state index contributed by atoms with van der Waals surface area (Å²) >= 11 is 0. The monoisotopic (exact) mass is 251 g/mol. The molecule has 0 bridgehead atoms. The number of amides is 1. The fourth-order valence-electron chi connectivity index (χ4n) is 1.69. The van der Waals surface area contributed by atoms with Crippen LogP contribution in [0.1, 0.15) is 26.7 Å². The number of nitrogens with one attached hydrogen (secondary N) is 1. The van der Waals surface area contributed by atoms with Crippen molar-refractivity contribution in [2.24, 2.45) is 0 Å². The van der Waals surface area contributed by atoms with Crippen LogP contribution in [0.5, 0.6) is 5.75 Å². The first kappa shape index (κ1) is 14.5. The van der Waals surface area contributed by atoms with Gasteiger partial charge in [0.05, 0.1) is 12.1 Å². The van der Waals surface area contributed by atoms with E-state index in [0.717, 1.165) is 0 Å². The van der Waals surface area contributed by atoms with Crippen LogP contribution in [0.25, 0.3) is 0 Å². The largest absolute Gasteiger partial charge is 0.484 e. The highest BCUT2D eigenvalue weighted by molar-refractivity contribution is 5.78. The zero-order valence-corrected chi connectivity index (χ0v) is 11.0. The summed E-state index contributed by atoms with van der Waals surface area (Å²) in [6.07, 6.45) is 1.38. The second-order valence-corrected chi connectivity index (χ2v) is 4.30. The lowest BCUT2D eigenvalue weighted by Crippen LogP contribution is -2.51. The Balaban J connectivity index is 2.46. The van der Waals surface area contributed by atoms with E-state index >= 15 is 0 Å². The van der Waals surface area contributed by atoms with Gasteiger partial charge < -0.3 is 15.2 Å². The van der Waals surface area contributed by atoms with Crippen LogP contribution in [0.2, 0.25) is 0 Å². The molecule has 0 saturated carbocycles. The Hall–Kier alpha value is -1.55. The molecule has 4 heteroatoms. The number of rotatable bonds is 7. The smallest absolute Gasteiger partial charge is 0.258 e.